The standard InChI is InChI=1S/C23H28N2O4S/c1-28-23(27)21-19(10-14-30-21)24-11-7-18(16-5-3-2-4-6-16)22(26)29-20-15-25-12-8-17(20)9-13-25/h2-6,10,14,17-18,20,24H,7-9,11-13,15H2,1H3. The number of rotatable bonds is 8. The smallest absolute Gasteiger partial charge is 0.350 e. The highest BCUT2D eigenvalue weighted by Gasteiger charge is 2.37. The molecule has 30 heavy (non-hydrogen) atoms. The Morgan fingerprint density at radius 3 is 2.63 bits per heavy atom. The lowest BCUT2D eigenvalue weighted by molar-refractivity contribution is -0.160. The molecular weight excluding hydrogens is 400 g/mol. The molecule has 4 heterocycles. The number of carbonyl (C=O) groups excluding carboxylic acids is 2. The summed E-state index contributed by atoms with van der Waals surface area (Å²) in [6, 6.07) is 11.7. The van der Waals surface area contributed by atoms with Crippen LogP contribution in [0.5, 0.6) is 0 Å². The highest BCUT2D eigenvalue weighted by Crippen LogP contribution is 2.32. The molecule has 2 aromatic rings. The molecule has 0 radical (unpaired) electrons. The first-order valence-corrected chi connectivity index (χ1v) is 11.4. The lowest BCUT2D eigenvalue weighted by Gasteiger charge is -2.44. The molecule has 0 saturated carbocycles. The Bertz CT molecular complexity index is 861. The van der Waals surface area contributed by atoms with Gasteiger partial charge in [0, 0.05) is 13.1 Å². The molecule has 3 aliphatic rings. The highest BCUT2D eigenvalue weighted by atomic mass is 32.1. The van der Waals surface area contributed by atoms with Crippen molar-refractivity contribution < 1.29 is 19.1 Å². The lowest BCUT2D eigenvalue weighted by atomic mass is 9.85. The number of benzene rings is 1. The van der Waals surface area contributed by atoms with E-state index >= 15 is 0 Å². The van der Waals surface area contributed by atoms with Crippen molar-refractivity contribution in [2.75, 3.05) is 38.6 Å². The molecule has 3 aliphatic heterocycles. The Morgan fingerprint density at radius 1 is 1.20 bits per heavy atom. The lowest BCUT2D eigenvalue weighted by Crippen LogP contribution is -2.52. The van der Waals surface area contributed by atoms with Crippen molar-refractivity contribution in [2.24, 2.45) is 5.92 Å². The van der Waals surface area contributed by atoms with Crippen LogP contribution in [0.3, 0.4) is 0 Å². The summed E-state index contributed by atoms with van der Waals surface area (Å²) in [5.41, 5.74) is 1.70. The summed E-state index contributed by atoms with van der Waals surface area (Å²) in [6.07, 6.45) is 2.82. The number of carbonyl (C=O) groups is 2. The van der Waals surface area contributed by atoms with Crippen LogP contribution in [0, 0.1) is 5.92 Å². The van der Waals surface area contributed by atoms with Crippen LogP contribution in [0.2, 0.25) is 0 Å². The number of hydrogen-bond acceptors (Lipinski definition) is 7. The normalized spacial score (nSPS) is 23.6. The molecule has 3 fully saturated rings. The quantitative estimate of drug-likeness (QED) is 0.646. The zero-order valence-electron chi connectivity index (χ0n) is 17.2. The third kappa shape index (κ3) is 4.68. The van der Waals surface area contributed by atoms with Gasteiger partial charge in [-0.2, -0.15) is 0 Å². The number of methoxy groups -OCH3 is 1. The highest BCUT2D eigenvalue weighted by molar-refractivity contribution is 7.12. The van der Waals surface area contributed by atoms with E-state index in [2.05, 4.69) is 10.2 Å². The van der Waals surface area contributed by atoms with E-state index in [0.717, 1.165) is 43.7 Å². The maximum absolute atomic E-state index is 13.2. The van der Waals surface area contributed by atoms with E-state index < -0.39 is 0 Å². The van der Waals surface area contributed by atoms with Crippen molar-refractivity contribution in [1.82, 2.24) is 4.90 Å². The first-order chi connectivity index (χ1) is 14.7. The van der Waals surface area contributed by atoms with Gasteiger partial charge >= 0.3 is 11.9 Å². The van der Waals surface area contributed by atoms with Gasteiger partial charge < -0.3 is 14.8 Å². The number of fused-ring (bicyclic) bond motifs is 3. The minimum Gasteiger partial charge on any atom is -0.465 e. The molecule has 0 spiro atoms. The Labute approximate surface area is 181 Å². The number of ether oxygens (including phenoxy) is 2. The topological polar surface area (TPSA) is 67.9 Å². The van der Waals surface area contributed by atoms with Gasteiger partial charge in [-0.15, -0.1) is 11.3 Å². The molecule has 7 heteroatoms. The number of nitrogens with one attached hydrogen (secondary N) is 1. The Kier molecular flexibility index (Phi) is 6.69. The molecule has 2 bridgehead atoms. The van der Waals surface area contributed by atoms with Gasteiger partial charge in [0.2, 0.25) is 0 Å². The fraction of sp³-hybridized carbons (Fsp3) is 0.478. The van der Waals surface area contributed by atoms with Crippen LogP contribution in [-0.4, -0.2) is 56.2 Å². The molecule has 6 nitrogen and oxygen atoms in total. The number of anilines is 1. The van der Waals surface area contributed by atoms with Crippen molar-refractivity contribution in [3.63, 3.8) is 0 Å². The Morgan fingerprint density at radius 2 is 1.97 bits per heavy atom. The first kappa shape index (κ1) is 20.9. The second kappa shape index (κ2) is 9.62. The maximum atomic E-state index is 13.2. The summed E-state index contributed by atoms with van der Waals surface area (Å²) in [4.78, 5) is 28.0. The van der Waals surface area contributed by atoms with E-state index in [1.54, 1.807) is 0 Å². The van der Waals surface area contributed by atoms with Gasteiger partial charge in [0.1, 0.15) is 11.0 Å². The molecule has 3 saturated heterocycles. The van der Waals surface area contributed by atoms with Crippen LogP contribution in [0.15, 0.2) is 41.8 Å². The summed E-state index contributed by atoms with van der Waals surface area (Å²) >= 11 is 1.34. The summed E-state index contributed by atoms with van der Waals surface area (Å²) in [7, 11) is 1.38. The molecule has 160 valence electrons. The average Bonchev–Trinajstić information content (AvgIpc) is 3.26. The van der Waals surface area contributed by atoms with Gasteiger partial charge in [-0.1, -0.05) is 30.3 Å². The predicted octanol–water partition coefficient (Wildman–Crippen LogP) is 3.76. The monoisotopic (exact) mass is 428 g/mol. The van der Waals surface area contributed by atoms with Crippen molar-refractivity contribution in [3.8, 4) is 0 Å². The minimum atomic E-state index is -0.353. The molecule has 2 unspecified atom stereocenters. The molecule has 5 rings (SSSR count). The third-order valence-electron chi connectivity index (χ3n) is 6.13. The largest absolute Gasteiger partial charge is 0.465 e. The summed E-state index contributed by atoms with van der Waals surface area (Å²) < 4.78 is 10.9. The molecule has 1 aromatic heterocycles. The summed E-state index contributed by atoms with van der Waals surface area (Å²) in [5.74, 6) is -0.356. The molecule has 0 aliphatic carbocycles. The van der Waals surface area contributed by atoms with Crippen LogP contribution in [0.4, 0.5) is 5.69 Å². The van der Waals surface area contributed by atoms with E-state index in [1.165, 1.54) is 18.4 Å². The van der Waals surface area contributed by atoms with Gasteiger partial charge in [0.15, 0.2) is 0 Å². The molecule has 1 N–H and O–H groups in total. The van der Waals surface area contributed by atoms with Gasteiger partial charge in [-0.25, -0.2) is 4.79 Å². The molecular formula is C23H28N2O4S. The second-order valence-corrected chi connectivity index (χ2v) is 8.86. The molecule has 1 aromatic carbocycles. The number of piperidine rings is 3. The van der Waals surface area contributed by atoms with Crippen LogP contribution < -0.4 is 5.32 Å². The van der Waals surface area contributed by atoms with Crippen molar-refractivity contribution >= 4 is 29.0 Å². The van der Waals surface area contributed by atoms with Gasteiger partial charge in [-0.05, 0) is 55.3 Å². The number of esters is 2. The fourth-order valence-corrected chi connectivity index (χ4v) is 5.22. The van der Waals surface area contributed by atoms with Crippen LogP contribution >= 0.6 is 11.3 Å². The van der Waals surface area contributed by atoms with Gasteiger partial charge in [0.25, 0.3) is 0 Å². The van der Waals surface area contributed by atoms with E-state index in [1.807, 2.05) is 41.8 Å². The van der Waals surface area contributed by atoms with Crippen molar-refractivity contribution in [2.45, 2.75) is 31.3 Å². The summed E-state index contributed by atoms with van der Waals surface area (Å²) in [6.45, 7) is 3.64. The van der Waals surface area contributed by atoms with Crippen molar-refractivity contribution in [3.05, 3.63) is 52.2 Å². The van der Waals surface area contributed by atoms with Crippen LogP contribution in [-0.2, 0) is 14.3 Å². The molecule has 0 amide bonds. The van der Waals surface area contributed by atoms with Gasteiger partial charge in [0.05, 0.1) is 18.7 Å². The van der Waals surface area contributed by atoms with E-state index in [-0.39, 0.29) is 24.0 Å². The Balaban J connectivity index is 1.41. The number of nitrogens with zero attached hydrogens (tertiary/aromatic N) is 1. The van der Waals surface area contributed by atoms with Crippen molar-refractivity contribution in [1.29, 1.82) is 0 Å². The maximum Gasteiger partial charge on any atom is 0.350 e. The van der Waals surface area contributed by atoms with Crippen LogP contribution in [0.25, 0.3) is 0 Å². The zero-order valence-corrected chi connectivity index (χ0v) is 18.0. The number of hydrogen-bond donors (Lipinski definition) is 1. The first-order valence-electron chi connectivity index (χ1n) is 10.5. The fourth-order valence-electron chi connectivity index (χ4n) is 4.43. The zero-order chi connectivity index (χ0) is 20.9. The third-order valence-corrected chi connectivity index (χ3v) is 7.03. The molecule has 2 atom stereocenters. The van der Waals surface area contributed by atoms with E-state index in [0.29, 0.717) is 23.8 Å². The van der Waals surface area contributed by atoms with E-state index in [4.69, 9.17) is 9.47 Å². The summed E-state index contributed by atoms with van der Waals surface area (Å²) in [5, 5.41) is 5.14. The second-order valence-electron chi connectivity index (χ2n) is 7.95. The average molecular weight is 429 g/mol. The number of thiophene rings is 1. The minimum absolute atomic E-state index is 0.00183. The van der Waals surface area contributed by atoms with Crippen LogP contribution in [0.1, 0.15) is 40.4 Å². The van der Waals surface area contributed by atoms with E-state index in [9.17, 15) is 9.59 Å². The van der Waals surface area contributed by atoms with Gasteiger partial charge in [-0.3, -0.25) is 9.69 Å². The Hall–Kier alpha value is -2.38. The predicted molar refractivity (Wildman–Crippen MR) is 117 cm³/mol. The SMILES string of the molecule is COC(=O)c1sccc1NCCC(C(=O)OC1CN2CCC1CC2)c1ccccc1.